The van der Waals surface area contributed by atoms with Gasteiger partial charge in [-0.05, 0) is 29.3 Å². The van der Waals surface area contributed by atoms with Crippen LogP contribution < -0.4 is 20.7 Å². The van der Waals surface area contributed by atoms with Crippen molar-refractivity contribution in [2.75, 3.05) is 0 Å². The molecule has 1 heterocycles. The lowest BCUT2D eigenvalue weighted by Gasteiger charge is -2.34. The normalized spacial score (nSPS) is 13.8. The Morgan fingerprint density at radius 2 is 1.08 bits per heavy atom. The molecular formula is C33H27O2P. The quantitative estimate of drug-likeness (QED) is 0.247. The minimum absolute atomic E-state index is 0.152. The van der Waals surface area contributed by atoms with Gasteiger partial charge in [-0.15, -0.1) is 0 Å². The van der Waals surface area contributed by atoms with E-state index in [4.69, 9.17) is 4.74 Å². The van der Waals surface area contributed by atoms with Gasteiger partial charge in [0, 0.05) is 32.5 Å². The second-order valence-corrected chi connectivity index (χ2v) is 12.5. The third-order valence-electron chi connectivity index (χ3n) is 7.22. The van der Waals surface area contributed by atoms with Gasteiger partial charge in [0.2, 0.25) is 0 Å². The Balaban J connectivity index is 1.47. The van der Waals surface area contributed by atoms with E-state index in [1.165, 1.54) is 11.1 Å². The van der Waals surface area contributed by atoms with Crippen LogP contribution >= 0.6 is 7.14 Å². The molecule has 0 aromatic heterocycles. The first-order valence-corrected chi connectivity index (χ1v) is 13.9. The Bertz CT molecular complexity index is 1560. The number of hydrogen-bond acceptors (Lipinski definition) is 2. The van der Waals surface area contributed by atoms with Crippen LogP contribution in [0.15, 0.2) is 127 Å². The highest BCUT2D eigenvalue weighted by Crippen LogP contribution is 2.49. The zero-order chi connectivity index (χ0) is 24.8. The molecule has 36 heavy (non-hydrogen) atoms. The van der Waals surface area contributed by atoms with E-state index in [2.05, 4.69) is 56.3 Å². The predicted molar refractivity (Wildman–Crippen MR) is 150 cm³/mol. The maximum atomic E-state index is 14.8. The van der Waals surface area contributed by atoms with Gasteiger partial charge in [-0.25, -0.2) is 0 Å². The van der Waals surface area contributed by atoms with E-state index >= 15 is 0 Å². The van der Waals surface area contributed by atoms with Crippen LogP contribution in [0.3, 0.4) is 0 Å². The lowest BCUT2D eigenvalue weighted by molar-refractivity contribution is 0.418. The van der Waals surface area contributed by atoms with Crippen molar-refractivity contribution >= 4 is 23.1 Å². The summed E-state index contributed by atoms with van der Waals surface area (Å²) in [4.78, 5) is 0. The summed E-state index contributed by atoms with van der Waals surface area (Å²) >= 11 is 0. The maximum Gasteiger partial charge on any atom is 0.171 e. The average Bonchev–Trinajstić information content (AvgIpc) is 2.93. The molecule has 176 valence electrons. The fraction of sp³-hybridized carbons (Fsp3) is 0.0909. The molecule has 0 fully saturated rings. The van der Waals surface area contributed by atoms with E-state index in [-0.39, 0.29) is 5.41 Å². The Kier molecular flexibility index (Phi) is 5.43. The number of rotatable bonds is 4. The minimum Gasteiger partial charge on any atom is -0.457 e. The maximum absolute atomic E-state index is 14.8. The molecule has 0 N–H and O–H groups in total. The monoisotopic (exact) mass is 486 g/mol. The van der Waals surface area contributed by atoms with E-state index in [0.717, 1.165) is 38.5 Å². The molecule has 2 nitrogen and oxygen atoms in total. The molecule has 0 spiro atoms. The molecule has 0 unspecified atom stereocenters. The fourth-order valence-electron chi connectivity index (χ4n) is 5.24. The smallest absolute Gasteiger partial charge is 0.171 e. The molecule has 0 bridgehead atoms. The highest BCUT2D eigenvalue weighted by molar-refractivity contribution is 7.85. The fourth-order valence-corrected chi connectivity index (χ4v) is 7.94. The zero-order valence-electron chi connectivity index (χ0n) is 20.4. The zero-order valence-corrected chi connectivity index (χ0v) is 21.3. The van der Waals surface area contributed by atoms with Crippen LogP contribution in [0.1, 0.15) is 25.0 Å². The first-order valence-electron chi connectivity index (χ1n) is 12.2. The van der Waals surface area contributed by atoms with Crippen molar-refractivity contribution in [1.29, 1.82) is 0 Å². The summed E-state index contributed by atoms with van der Waals surface area (Å²) in [5, 5.41) is 2.49. The van der Waals surface area contributed by atoms with Crippen LogP contribution in [0, 0.1) is 0 Å². The second-order valence-electron chi connectivity index (χ2n) is 9.76. The third-order valence-corrected chi connectivity index (χ3v) is 10.3. The third kappa shape index (κ3) is 3.61. The highest BCUT2D eigenvalue weighted by atomic mass is 31.2. The first kappa shape index (κ1) is 22.6. The van der Waals surface area contributed by atoms with E-state index < -0.39 is 7.14 Å². The topological polar surface area (TPSA) is 26.3 Å². The average molecular weight is 487 g/mol. The Morgan fingerprint density at radius 1 is 0.528 bits per heavy atom. The Morgan fingerprint density at radius 3 is 1.78 bits per heavy atom. The van der Waals surface area contributed by atoms with Crippen LogP contribution in [0.4, 0.5) is 0 Å². The molecule has 1 aliphatic rings. The molecule has 0 saturated heterocycles. The van der Waals surface area contributed by atoms with Crippen molar-refractivity contribution in [3.05, 3.63) is 139 Å². The van der Waals surface area contributed by atoms with Crippen LogP contribution in [0.25, 0.3) is 11.1 Å². The Labute approximate surface area is 212 Å². The van der Waals surface area contributed by atoms with Crippen LogP contribution in [-0.2, 0) is 9.98 Å². The van der Waals surface area contributed by atoms with Crippen molar-refractivity contribution in [2.45, 2.75) is 19.3 Å². The van der Waals surface area contributed by atoms with E-state index in [9.17, 15) is 4.57 Å². The summed E-state index contributed by atoms with van der Waals surface area (Å²) in [5.74, 6) is 1.77. The van der Waals surface area contributed by atoms with Crippen molar-refractivity contribution < 1.29 is 9.30 Å². The van der Waals surface area contributed by atoms with Gasteiger partial charge in [0.1, 0.15) is 11.5 Å². The van der Waals surface area contributed by atoms with Gasteiger partial charge in [0.05, 0.1) is 0 Å². The molecule has 5 aromatic rings. The number of fused-ring (bicyclic) bond motifs is 2. The van der Waals surface area contributed by atoms with Crippen LogP contribution in [-0.4, -0.2) is 0 Å². The van der Waals surface area contributed by atoms with Gasteiger partial charge in [0.15, 0.2) is 7.14 Å². The van der Waals surface area contributed by atoms with E-state index in [0.29, 0.717) is 0 Å². The molecule has 0 aliphatic carbocycles. The lowest BCUT2D eigenvalue weighted by atomic mass is 9.75. The summed E-state index contributed by atoms with van der Waals surface area (Å²) < 4.78 is 21.2. The minimum atomic E-state index is -3.04. The van der Waals surface area contributed by atoms with Crippen LogP contribution in [0.2, 0.25) is 0 Å². The van der Waals surface area contributed by atoms with Crippen LogP contribution in [0.5, 0.6) is 11.5 Å². The number of ether oxygens (including phenoxy) is 1. The van der Waals surface area contributed by atoms with Gasteiger partial charge >= 0.3 is 0 Å². The predicted octanol–water partition coefficient (Wildman–Crippen LogP) is 7.42. The molecule has 0 saturated carbocycles. The largest absolute Gasteiger partial charge is 0.457 e. The second kappa shape index (κ2) is 8.66. The summed E-state index contributed by atoms with van der Waals surface area (Å²) in [6.07, 6.45) is 0. The molecule has 0 amide bonds. The molecule has 5 aromatic carbocycles. The van der Waals surface area contributed by atoms with Gasteiger partial charge in [-0.3, -0.25) is 0 Å². The van der Waals surface area contributed by atoms with Gasteiger partial charge in [-0.2, -0.15) is 0 Å². The number of para-hydroxylation sites is 1. The molecule has 1 aliphatic heterocycles. The first-order chi connectivity index (χ1) is 17.5. The number of benzene rings is 5. The van der Waals surface area contributed by atoms with Gasteiger partial charge < -0.3 is 9.30 Å². The summed E-state index contributed by atoms with van der Waals surface area (Å²) in [5.41, 5.74) is 4.27. The molecule has 3 heteroatoms. The van der Waals surface area contributed by atoms with E-state index in [1.54, 1.807) is 0 Å². The number of hydrogen-bond donors (Lipinski definition) is 0. The van der Waals surface area contributed by atoms with Gasteiger partial charge in [-0.1, -0.05) is 123 Å². The standard InChI is InChI=1S/C33H27O2P/c1-33(2)29-18-9-10-19-31(29)35-32-23-25(20-21-30(32)33)24-12-11-17-28(22-24)36(34,26-13-5-3-6-14-26)27-15-7-4-8-16-27/h3-23H,1-2H3. The van der Waals surface area contributed by atoms with E-state index in [1.807, 2.05) is 84.9 Å². The molecule has 0 radical (unpaired) electrons. The Hall–Kier alpha value is -3.87. The van der Waals surface area contributed by atoms with Gasteiger partial charge in [0.25, 0.3) is 0 Å². The molecular weight excluding hydrogens is 459 g/mol. The van der Waals surface area contributed by atoms with Crippen molar-refractivity contribution in [2.24, 2.45) is 0 Å². The summed E-state index contributed by atoms with van der Waals surface area (Å²) in [6, 6.07) is 42.4. The SMILES string of the molecule is CC1(C)c2ccccc2Oc2cc(-c3cccc(P(=O)(c4ccccc4)c4ccccc4)c3)ccc21. The molecule has 0 atom stereocenters. The summed E-state index contributed by atoms with van der Waals surface area (Å²) in [7, 11) is -3.04. The van der Waals surface area contributed by atoms with Crippen molar-refractivity contribution in [3.8, 4) is 22.6 Å². The lowest BCUT2D eigenvalue weighted by Crippen LogP contribution is -2.25. The molecule has 6 rings (SSSR count). The van der Waals surface area contributed by atoms with Crippen molar-refractivity contribution in [1.82, 2.24) is 0 Å². The summed E-state index contributed by atoms with van der Waals surface area (Å²) in [6.45, 7) is 4.48. The highest BCUT2D eigenvalue weighted by Gasteiger charge is 2.34. The van der Waals surface area contributed by atoms with Crippen molar-refractivity contribution in [3.63, 3.8) is 0 Å².